The number of nitrogens with two attached hydrogens (primary N) is 1. The molecule has 0 bridgehead atoms. The predicted molar refractivity (Wildman–Crippen MR) is 126 cm³/mol. The second-order valence-electron chi connectivity index (χ2n) is 8.37. The quantitative estimate of drug-likeness (QED) is 0.453. The molecule has 0 amide bonds. The lowest BCUT2D eigenvalue weighted by molar-refractivity contribution is 0.379. The third-order valence-corrected chi connectivity index (χ3v) is 7.23. The lowest BCUT2D eigenvalue weighted by Gasteiger charge is -2.24. The highest BCUT2D eigenvalue weighted by atomic mass is 35.5. The van der Waals surface area contributed by atoms with E-state index in [4.69, 9.17) is 33.7 Å². The number of halogens is 2. The number of rotatable bonds is 3. The van der Waals surface area contributed by atoms with Gasteiger partial charge in [-0.2, -0.15) is 5.26 Å². The van der Waals surface area contributed by atoms with Gasteiger partial charge in [0.25, 0.3) is 0 Å². The monoisotopic (exact) mass is 464 g/mol. The minimum atomic E-state index is -0.467. The van der Waals surface area contributed by atoms with Gasteiger partial charge in [0.15, 0.2) is 0 Å². The molecule has 1 aliphatic heterocycles. The van der Waals surface area contributed by atoms with E-state index in [-0.39, 0.29) is 5.88 Å². The maximum absolute atomic E-state index is 9.86. The molecule has 1 unspecified atom stereocenters. The molecule has 0 spiro atoms. The number of allylic oxidation sites excluding steroid dienone is 1. The second-order valence-corrected chi connectivity index (χ2v) is 9.19. The minimum absolute atomic E-state index is 0.0433. The topological polar surface area (TPSA) is 87.7 Å². The largest absolute Gasteiger partial charge is 0.420 e. The van der Waals surface area contributed by atoms with Crippen LogP contribution in [0.2, 0.25) is 10.0 Å². The summed E-state index contributed by atoms with van der Waals surface area (Å²) in [5.41, 5.74) is 11.1. The van der Waals surface area contributed by atoms with Crippen LogP contribution in [0, 0.1) is 11.3 Å². The van der Waals surface area contributed by atoms with Gasteiger partial charge in [-0.1, -0.05) is 72.8 Å². The number of H-pyrrole nitrogens is 1. The van der Waals surface area contributed by atoms with Gasteiger partial charge in [0, 0.05) is 5.56 Å². The zero-order valence-corrected chi connectivity index (χ0v) is 18.9. The Kier molecular flexibility index (Phi) is 5.58. The standard InChI is InChI=1S/C25H22Cl2N4O/c26-19-11-10-17(12-20(19)27)21-18(13-28)24(29)32-25-22(21)23(30-31-25)16-8-6-15(7-9-16)14-4-2-1-3-5-14/h6-12,14,21H,1-5,29H2,(H,30,31). The molecule has 2 aliphatic rings. The van der Waals surface area contributed by atoms with Crippen molar-refractivity contribution in [1.82, 2.24) is 10.2 Å². The van der Waals surface area contributed by atoms with Gasteiger partial charge in [0.05, 0.1) is 27.2 Å². The zero-order chi connectivity index (χ0) is 22.2. The lowest BCUT2D eigenvalue weighted by Crippen LogP contribution is -2.21. The van der Waals surface area contributed by atoms with Gasteiger partial charge in [-0.05, 0) is 42.0 Å². The van der Waals surface area contributed by atoms with E-state index in [1.54, 1.807) is 12.1 Å². The number of ether oxygens (including phenoxy) is 1. The molecule has 5 rings (SSSR count). The van der Waals surface area contributed by atoms with E-state index in [1.165, 1.54) is 37.7 Å². The van der Waals surface area contributed by atoms with Crippen LogP contribution in [-0.2, 0) is 0 Å². The maximum Gasteiger partial charge on any atom is 0.244 e. The molecule has 32 heavy (non-hydrogen) atoms. The maximum atomic E-state index is 9.86. The Morgan fingerprint density at radius 2 is 1.72 bits per heavy atom. The second kappa shape index (κ2) is 8.54. The number of aromatic amines is 1. The zero-order valence-electron chi connectivity index (χ0n) is 17.4. The fraction of sp³-hybridized carbons (Fsp3) is 0.280. The molecule has 1 fully saturated rings. The molecular weight excluding hydrogens is 443 g/mol. The van der Waals surface area contributed by atoms with Crippen LogP contribution < -0.4 is 10.5 Å². The van der Waals surface area contributed by atoms with Crippen LogP contribution in [0.5, 0.6) is 5.88 Å². The molecule has 2 heterocycles. The molecular formula is C25H22Cl2N4O. The van der Waals surface area contributed by atoms with E-state index in [1.807, 2.05) is 6.07 Å². The molecule has 3 N–H and O–H groups in total. The number of nitrogens with one attached hydrogen (secondary N) is 1. The number of hydrogen-bond acceptors (Lipinski definition) is 4. The van der Waals surface area contributed by atoms with Crippen molar-refractivity contribution < 1.29 is 4.74 Å². The summed E-state index contributed by atoms with van der Waals surface area (Å²) in [6.45, 7) is 0. The van der Waals surface area contributed by atoms with Crippen LogP contribution in [0.4, 0.5) is 0 Å². The van der Waals surface area contributed by atoms with E-state index >= 15 is 0 Å². The summed E-state index contributed by atoms with van der Waals surface area (Å²) < 4.78 is 5.70. The summed E-state index contributed by atoms with van der Waals surface area (Å²) in [6.07, 6.45) is 6.44. The van der Waals surface area contributed by atoms with Crippen LogP contribution in [0.3, 0.4) is 0 Å². The highest BCUT2D eigenvalue weighted by Crippen LogP contribution is 2.46. The average molecular weight is 465 g/mol. The average Bonchev–Trinajstić information content (AvgIpc) is 3.24. The third kappa shape index (κ3) is 3.64. The van der Waals surface area contributed by atoms with Crippen molar-refractivity contribution in [3.05, 3.63) is 80.7 Å². The number of fused-ring (bicyclic) bond motifs is 1. The summed E-state index contributed by atoms with van der Waals surface area (Å²) in [5, 5.41) is 18.2. The first-order valence-corrected chi connectivity index (χ1v) is 11.5. The van der Waals surface area contributed by atoms with E-state index < -0.39 is 5.92 Å². The summed E-state index contributed by atoms with van der Waals surface area (Å²) in [5.74, 6) is 0.574. The lowest BCUT2D eigenvalue weighted by atomic mass is 9.82. The predicted octanol–water partition coefficient (Wildman–Crippen LogP) is 6.65. The Bertz CT molecular complexity index is 1230. The van der Waals surface area contributed by atoms with Gasteiger partial charge < -0.3 is 10.5 Å². The molecule has 0 radical (unpaired) electrons. The Labute approximate surface area is 196 Å². The van der Waals surface area contributed by atoms with Gasteiger partial charge in [-0.3, -0.25) is 5.10 Å². The van der Waals surface area contributed by atoms with Gasteiger partial charge >= 0.3 is 0 Å². The fourth-order valence-corrected chi connectivity index (χ4v) is 5.15. The highest BCUT2D eigenvalue weighted by Gasteiger charge is 2.35. The summed E-state index contributed by atoms with van der Waals surface area (Å²) in [4.78, 5) is 0. The Hall–Kier alpha value is -2.94. The van der Waals surface area contributed by atoms with Gasteiger partial charge in [0.1, 0.15) is 11.6 Å². The Morgan fingerprint density at radius 3 is 2.41 bits per heavy atom. The first kappa shape index (κ1) is 20.9. The van der Waals surface area contributed by atoms with Gasteiger partial charge in [-0.25, -0.2) is 0 Å². The van der Waals surface area contributed by atoms with E-state index in [2.05, 4.69) is 40.5 Å². The summed E-state index contributed by atoms with van der Waals surface area (Å²) in [7, 11) is 0. The summed E-state index contributed by atoms with van der Waals surface area (Å²) in [6, 6.07) is 16.2. The van der Waals surface area contributed by atoms with Crippen molar-refractivity contribution in [2.45, 2.75) is 43.9 Å². The molecule has 1 atom stereocenters. The molecule has 3 aromatic rings. The van der Waals surface area contributed by atoms with Crippen LogP contribution >= 0.6 is 23.2 Å². The number of nitriles is 1. The van der Waals surface area contributed by atoms with Gasteiger partial charge in [0.2, 0.25) is 11.8 Å². The minimum Gasteiger partial charge on any atom is -0.420 e. The number of aromatic nitrogens is 2. The SMILES string of the molecule is N#CC1=C(N)Oc2n[nH]c(-c3ccc(C4CCCCC4)cc3)c2C1c1ccc(Cl)c(Cl)c1. The van der Waals surface area contributed by atoms with Crippen molar-refractivity contribution in [1.29, 1.82) is 5.26 Å². The van der Waals surface area contributed by atoms with Crippen LogP contribution in [0.25, 0.3) is 11.3 Å². The van der Waals surface area contributed by atoms with Gasteiger partial charge in [-0.15, -0.1) is 5.10 Å². The van der Waals surface area contributed by atoms with E-state index in [0.717, 1.165) is 22.4 Å². The highest BCUT2D eigenvalue weighted by molar-refractivity contribution is 6.42. The van der Waals surface area contributed by atoms with Crippen molar-refractivity contribution in [2.75, 3.05) is 0 Å². The van der Waals surface area contributed by atoms with E-state index in [0.29, 0.717) is 27.4 Å². The molecule has 2 aromatic carbocycles. The van der Waals surface area contributed by atoms with Crippen molar-refractivity contribution in [3.63, 3.8) is 0 Å². The van der Waals surface area contributed by atoms with Crippen LogP contribution in [-0.4, -0.2) is 10.2 Å². The number of benzene rings is 2. The molecule has 1 saturated carbocycles. The van der Waals surface area contributed by atoms with E-state index in [9.17, 15) is 5.26 Å². The number of nitrogens with zero attached hydrogens (tertiary/aromatic N) is 2. The summed E-state index contributed by atoms with van der Waals surface area (Å²) >= 11 is 12.4. The molecule has 1 aromatic heterocycles. The smallest absolute Gasteiger partial charge is 0.244 e. The molecule has 0 saturated heterocycles. The normalized spacial score (nSPS) is 18.7. The Balaban J connectivity index is 1.58. The molecule has 1 aliphatic carbocycles. The van der Waals surface area contributed by atoms with Crippen molar-refractivity contribution in [3.8, 4) is 23.2 Å². The van der Waals surface area contributed by atoms with Crippen LogP contribution in [0.1, 0.15) is 60.6 Å². The number of hydrogen-bond donors (Lipinski definition) is 2. The van der Waals surface area contributed by atoms with Crippen LogP contribution in [0.15, 0.2) is 53.9 Å². The first-order valence-electron chi connectivity index (χ1n) is 10.8. The third-order valence-electron chi connectivity index (χ3n) is 6.49. The van der Waals surface area contributed by atoms with Crippen molar-refractivity contribution >= 4 is 23.2 Å². The Morgan fingerprint density at radius 1 is 1.00 bits per heavy atom. The molecule has 162 valence electrons. The first-order chi connectivity index (χ1) is 15.6. The van der Waals surface area contributed by atoms with Crippen molar-refractivity contribution in [2.24, 2.45) is 5.73 Å². The molecule has 7 heteroatoms. The fourth-order valence-electron chi connectivity index (χ4n) is 4.85. The molecule has 5 nitrogen and oxygen atoms in total.